The Morgan fingerprint density at radius 1 is 1.00 bits per heavy atom. The van der Waals surface area contributed by atoms with Crippen LogP contribution < -0.4 is 15.5 Å². The highest BCUT2D eigenvalue weighted by Gasteiger charge is 2.29. The van der Waals surface area contributed by atoms with Gasteiger partial charge in [0, 0.05) is 26.2 Å². The number of nitrogens with zero attached hydrogens (tertiary/aromatic N) is 4. The van der Waals surface area contributed by atoms with Gasteiger partial charge >= 0.3 is 5.69 Å². The van der Waals surface area contributed by atoms with Crippen LogP contribution in [0.3, 0.4) is 0 Å². The fourth-order valence-electron chi connectivity index (χ4n) is 3.27. The number of hydrogen-bond donors (Lipinski definition) is 2. The van der Waals surface area contributed by atoms with Crippen LogP contribution in [0.2, 0.25) is 0 Å². The second-order valence-electron chi connectivity index (χ2n) is 6.98. The topological polar surface area (TPSA) is 96.2 Å². The number of nitro groups is 1. The van der Waals surface area contributed by atoms with Crippen LogP contribution in [0, 0.1) is 10.1 Å². The summed E-state index contributed by atoms with van der Waals surface area (Å²) in [6.45, 7) is 2.51. The van der Waals surface area contributed by atoms with Gasteiger partial charge in [-0.05, 0) is 11.1 Å². The molecule has 3 aromatic rings. The normalized spacial score (nSPS) is 13.5. The molecule has 0 aliphatic carbocycles. The molecule has 29 heavy (non-hydrogen) atoms. The third-order valence-corrected chi connectivity index (χ3v) is 4.84. The number of rotatable bonds is 8. The maximum atomic E-state index is 12.0. The van der Waals surface area contributed by atoms with Crippen molar-refractivity contribution in [3.63, 3.8) is 0 Å². The molecule has 1 fully saturated rings. The van der Waals surface area contributed by atoms with Gasteiger partial charge in [0.1, 0.15) is 6.33 Å². The Morgan fingerprint density at radius 3 is 2.07 bits per heavy atom. The maximum absolute atomic E-state index is 12.0. The van der Waals surface area contributed by atoms with Crippen molar-refractivity contribution in [1.82, 2.24) is 15.3 Å². The van der Waals surface area contributed by atoms with Crippen LogP contribution in [0.5, 0.6) is 0 Å². The van der Waals surface area contributed by atoms with Gasteiger partial charge in [0.05, 0.1) is 11.0 Å². The molecule has 2 N–H and O–H groups in total. The maximum Gasteiger partial charge on any atom is 0.353 e. The first-order valence-electron chi connectivity index (χ1n) is 9.50. The van der Waals surface area contributed by atoms with Gasteiger partial charge in [-0.2, -0.15) is 0 Å². The van der Waals surface area contributed by atoms with Crippen LogP contribution in [0.15, 0.2) is 67.0 Å². The van der Waals surface area contributed by atoms with Gasteiger partial charge in [0.15, 0.2) is 0 Å². The zero-order chi connectivity index (χ0) is 20.1. The van der Waals surface area contributed by atoms with E-state index in [4.69, 9.17) is 0 Å². The molecule has 8 heteroatoms. The first kappa shape index (κ1) is 18.8. The van der Waals surface area contributed by atoms with Crippen molar-refractivity contribution in [2.24, 2.45) is 0 Å². The zero-order valence-electron chi connectivity index (χ0n) is 15.9. The lowest BCUT2D eigenvalue weighted by atomic mass is 10.1. The molecular formula is C21H22N6O2. The Labute approximate surface area is 168 Å². The van der Waals surface area contributed by atoms with E-state index in [9.17, 15) is 10.1 Å². The van der Waals surface area contributed by atoms with Crippen LogP contribution in [-0.2, 0) is 13.1 Å². The smallest absolute Gasteiger partial charge is 0.353 e. The molecule has 0 saturated carbocycles. The lowest BCUT2D eigenvalue weighted by Gasteiger charge is -2.29. The lowest BCUT2D eigenvalue weighted by Crippen LogP contribution is -2.51. The van der Waals surface area contributed by atoms with Gasteiger partial charge in [0.25, 0.3) is 0 Å². The molecule has 0 atom stereocenters. The van der Waals surface area contributed by atoms with Crippen molar-refractivity contribution in [2.75, 3.05) is 23.3 Å². The van der Waals surface area contributed by atoms with E-state index in [-0.39, 0.29) is 17.5 Å². The monoisotopic (exact) mass is 390 g/mol. The Balaban J connectivity index is 1.72. The summed E-state index contributed by atoms with van der Waals surface area (Å²) in [5.41, 5.74) is 2.01. The summed E-state index contributed by atoms with van der Waals surface area (Å²) in [6.07, 6.45) is 1.39. The number of hydrogen-bond acceptors (Lipinski definition) is 7. The SMILES string of the molecule is O=[N+]([O-])c1c(NC2CNC2)ncnc1N(Cc1ccccc1)Cc1ccccc1. The molecule has 1 aromatic heterocycles. The molecular weight excluding hydrogens is 368 g/mol. The predicted molar refractivity (Wildman–Crippen MR) is 112 cm³/mol. The number of aromatic nitrogens is 2. The summed E-state index contributed by atoms with van der Waals surface area (Å²) in [5, 5.41) is 18.3. The minimum absolute atomic E-state index is 0.0914. The Kier molecular flexibility index (Phi) is 5.62. The average Bonchev–Trinajstić information content (AvgIpc) is 2.71. The van der Waals surface area contributed by atoms with E-state index in [1.54, 1.807) is 0 Å². The number of benzene rings is 2. The molecule has 2 heterocycles. The number of nitrogens with one attached hydrogen (secondary N) is 2. The highest BCUT2D eigenvalue weighted by atomic mass is 16.6. The summed E-state index contributed by atoms with van der Waals surface area (Å²) < 4.78 is 0. The van der Waals surface area contributed by atoms with Gasteiger partial charge in [-0.3, -0.25) is 10.1 Å². The van der Waals surface area contributed by atoms with Gasteiger partial charge < -0.3 is 15.5 Å². The van der Waals surface area contributed by atoms with E-state index < -0.39 is 4.92 Å². The summed E-state index contributed by atoms with van der Waals surface area (Å²) in [6, 6.07) is 19.9. The molecule has 8 nitrogen and oxygen atoms in total. The molecule has 0 unspecified atom stereocenters. The van der Waals surface area contributed by atoms with Crippen molar-refractivity contribution < 1.29 is 4.92 Å². The number of anilines is 2. The second kappa shape index (κ2) is 8.66. The molecule has 2 aromatic carbocycles. The van der Waals surface area contributed by atoms with Crippen molar-refractivity contribution in [3.05, 3.63) is 88.2 Å². The first-order chi connectivity index (χ1) is 14.2. The van der Waals surface area contributed by atoms with E-state index in [0.29, 0.717) is 18.9 Å². The van der Waals surface area contributed by atoms with E-state index in [0.717, 1.165) is 24.2 Å². The van der Waals surface area contributed by atoms with Crippen LogP contribution in [0.1, 0.15) is 11.1 Å². The van der Waals surface area contributed by atoms with Crippen molar-refractivity contribution in [2.45, 2.75) is 19.1 Å². The summed E-state index contributed by atoms with van der Waals surface area (Å²) in [7, 11) is 0. The van der Waals surface area contributed by atoms with Crippen LogP contribution >= 0.6 is 0 Å². The van der Waals surface area contributed by atoms with Gasteiger partial charge in [0.2, 0.25) is 11.6 Å². The summed E-state index contributed by atoms with van der Waals surface area (Å²) in [4.78, 5) is 22.0. The molecule has 4 rings (SSSR count). The van der Waals surface area contributed by atoms with E-state index in [1.807, 2.05) is 65.6 Å². The van der Waals surface area contributed by atoms with Crippen molar-refractivity contribution in [3.8, 4) is 0 Å². The summed E-state index contributed by atoms with van der Waals surface area (Å²) >= 11 is 0. The predicted octanol–water partition coefficient (Wildman–Crippen LogP) is 2.98. The third-order valence-electron chi connectivity index (χ3n) is 4.84. The Bertz CT molecular complexity index is 922. The molecule has 1 aliphatic heterocycles. The minimum atomic E-state index is -0.396. The molecule has 0 radical (unpaired) electrons. The molecule has 0 bridgehead atoms. The van der Waals surface area contributed by atoms with E-state index in [1.165, 1.54) is 6.33 Å². The third kappa shape index (κ3) is 4.49. The average molecular weight is 390 g/mol. The second-order valence-corrected chi connectivity index (χ2v) is 6.98. The van der Waals surface area contributed by atoms with Crippen LogP contribution in [-0.4, -0.2) is 34.0 Å². The standard InChI is InChI=1S/C21H22N6O2/c28-27(29)19-20(25-18-11-22-12-18)23-15-24-21(19)26(13-16-7-3-1-4-8-16)14-17-9-5-2-6-10-17/h1-10,15,18,22H,11-14H2,(H,23,24,25). The highest BCUT2D eigenvalue weighted by Crippen LogP contribution is 2.34. The van der Waals surface area contributed by atoms with Crippen LogP contribution in [0.4, 0.5) is 17.3 Å². The zero-order valence-corrected chi connectivity index (χ0v) is 15.9. The molecule has 1 saturated heterocycles. The molecule has 0 spiro atoms. The van der Waals surface area contributed by atoms with Gasteiger partial charge in [-0.1, -0.05) is 60.7 Å². The van der Waals surface area contributed by atoms with Crippen LogP contribution in [0.25, 0.3) is 0 Å². The quantitative estimate of drug-likeness (QED) is 0.451. The largest absolute Gasteiger partial charge is 0.359 e. The lowest BCUT2D eigenvalue weighted by molar-refractivity contribution is -0.383. The molecule has 148 valence electrons. The minimum Gasteiger partial charge on any atom is -0.359 e. The van der Waals surface area contributed by atoms with Gasteiger partial charge in [-0.25, -0.2) is 9.97 Å². The summed E-state index contributed by atoms with van der Waals surface area (Å²) in [5.74, 6) is 0.574. The van der Waals surface area contributed by atoms with E-state index >= 15 is 0 Å². The van der Waals surface area contributed by atoms with Crippen molar-refractivity contribution in [1.29, 1.82) is 0 Å². The fourth-order valence-corrected chi connectivity index (χ4v) is 3.27. The molecule has 0 amide bonds. The Morgan fingerprint density at radius 2 is 1.59 bits per heavy atom. The molecule has 1 aliphatic rings. The highest BCUT2D eigenvalue weighted by molar-refractivity contribution is 5.70. The van der Waals surface area contributed by atoms with Crippen molar-refractivity contribution >= 4 is 17.3 Å². The first-order valence-corrected chi connectivity index (χ1v) is 9.50. The fraction of sp³-hybridized carbons (Fsp3) is 0.238. The Hall–Kier alpha value is -3.52. The van der Waals surface area contributed by atoms with Gasteiger partial charge in [-0.15, -0.1) is 0 Å². The van der Waals surface area contributed by atoms with E-state index in [2.05, 4.69) is 20.6 Å².